The van der Waals surface area contributed by atoms with Gasteiger partial charge in [0, 0.05) is 32.8 Å². The fourth-order valence-corrected chi connectivity index (χ4v) is 3.32. The maximum Gasteiger partial charge on any atom is 0.230 e. The molecule has 0 fully saturated rings. The van der Waals surface area contributed by atoms with Crippen LogP contribution in [-0.2, 0) is 11.2 Å². The number of nitrogens with one attached hydrogen (secondary N) is 1. The molecule has 0 saturated carbocycles. The van der Waals surface area contributed by atoms with E-state index in [9.17, 15) is 4.79 Å². The van der Waals surface area contributed by atoms with Gasteiger partial charge in [0.2, 0.25) is 5.91 Å². The van der Waals surface area contributed by atoms with E-state index in [-0.39, 0.29) is 12.3 Å². The molecule has 0 aliphatic rings. The number of aromatic nitrogens is 2. The van der Waals surface area contributed by atoms with E-state index in [1.54, 1.807) is 24.5 Å². The summed E-state index contributed by atoms with van der Waals surface area (Å²) >= 11 is 10.8. The van der Waals surface area contributed by atoms with E-state index in [0.29, 0.717) is 10.2 Å². The number of nitrogens with zero attached hydrogens (tertiary/aromatic N) is 2. The van der Waals surface area contributed by atoms with Crippen LogP contribution in [0.25, 0.3) is 11.3 Å². The van der Waals surface area contributed by atoms with Crippen molar-refractivity contribution >= 4 is 49.9 Å². The SMILES string of the molecule is O=C(Cc1cc(Cl)ccc1Br)Nc1nc(-c2ccncc2)cs1. The first kappa shape index (κ1) is 16.1. The van der Waals surface area contributed by atoms with Crippen molar-refractivity contribution in [1.82, 2.24) is 9.97 Å². The number of pyridine rings is 1. The first-order valence-corrected chi connectivity index (χ1v) is 8.76. The Hall–Kier alpha value is -1.76. The zero-order valence-corrected chi connectivity index (χ0v) is 15.0. The lowest BCUT2D eigenvalue weighted by Gasteiger charge is -2.05. The van der Waals surface area contributed by atoms with E-state index in [2.05, 4.69) is 31.2 Å². The van der Waals surface area contributed by atoms with E-state index < -0.39 is 0 Å². The van der Waals surface area contributed by atoms with E-state index in [1.807, 2.05) is 23.6 Å². The lowest BCUT2D eigenvalue weighted by molar-refractivity contribution is -0.115. The van der Waals surface area contributed by atoms with Crippen molar-refractivity contribution in [3.63, 3.8) is 0 Å². The highest BCUT2D eigenvalue weighted by molar-refractivity contribution is 9.10. The zero-order valence-electron chi connectivity index (χ0n) is 11.8. The number of amides is 1. The maximum atomic E-state index is 12.2. The minimum absolute atomic E-state index is 0.136. The molecule has 23 heavy (non-hydrogen) atoms. The summed E-state index contributed by atoms with van der Waals surface area (Å²) in [6, 6.07) is 9.13. The number of benzene rings is 1. The summed E-state index contributed by atoms with van der Waals surface area (Å²) in [5, 5.41) is 5.89. The van der Waals surface area contributed by atoms with Crippen molar-refractivity contribution in [3.8, 4) is 11.3 Å². The molecular formula is C16H11BrClN3OS. The molecule has 1 aromatic carbocycles. The minimum Gasteiger partial charge on any atom is -0.302 e. The Morgan fingerprint density at radius 2 is 2.04 bits per heavy atom. The highest BCUT2D eigenvalue weighted by Gasteiger charge is 2.11. The smallest absolute Gasteiger partial charge is 0.230 e. The van der Waals surface area contributed by atoms with Crippen LogP contribution in [0.1, 0.15) is 5.56 Å². The van der Waals surface area contributed by atoms with Crippen LogP contribution in [0.2, 0.25) is 5.02 Å². The first-order valence-electron chi connectivity index (χ1n) is 6.71. The predicted octanol–water partition coefficient (Wildman–Crippen LogP) is 4.80. The summed E-state index contributed by atoms with van der Waals surface area (Å²) in [6.07, 6.45) is 3.65. The summed E-state index contributed by atoms with van der Waals surface area (Å²) in [5.74, 6) is -0.136. The minimum atomic E-state index is -0.136. The van der Waals surface area contributed by atoms with Crippen LogP contribution in [0, 0.1) is 0 Å². The van der Waals surface area contributed by atoms with Gasteiger partial charge in [0.1, 0.15) is 0 Å². The van der Waals surface area contributed by atoms with Crippen LogP contribution in [-0.4, -0.2) is 15.9 Å². The summed E-state index contributed by atoms with van der Waals surface area (Å²) < 4.78 is 0.855. The third kappa shape index (κ3) is 4.16. The largest absolute Gasteiger partial charge is 0.302 e. The van der Waals surface area contributed by atoms with Gasteiger partial charge in [0.05, 0.1) is 12.1 Å². The van der Waals surface area contributed by atoms with Gasteiger partial charge < -0.3 is 5.32 Å². The van der Waals surface area contributed by atoms with Crippen molar-refractivity contribution in [3.05, 3.63) is 63.2 Å². The Kier molecular flexibility index (Phi) is 5.05. The summed E-state index contributed by atoms with van der Waals surface area (Å²) in [7, 11) is 0. The number of anilines is 1. The summed E-state index contributed by atoms with van der Waals surface area (Å²) in [5.41, 5.74) is 2.62. The van der Waals surface area contributed by atoms with Crippen LogP contribution in [0.5, 0.6) is 0 Å². The Morgan fingerprint density at radius 1 is 1.26 bits per heavy atom. The molecule has 0 spiro atoms. The Balaban J connectivity index is 1.69. The molecule has 1 N–H and O–H groups in total. The standard InChI is InChI=1S/C16H11BrClN3OS/c17-13-2-1-12(18)7-11(13)8-15(22)21-16-20-14(9-23-16)10-3-5-19-6-4-10/h1-7,9H,8H2,(H,20,21,22). The zero-order chi connectivity index (χ0) is 16.2. The molecule has 7 heteroatoms. The van der Waals surface area contributed by atoms with Crippen LogP contribution in [0.3, 0.4) is 0 Å². The quantitative estimate of drug-likeness (QED) is 0.674. The second-order valence-electron chi connectivity index (χ2n) is 4.73. The van der Waals surface area contributed by atoms with E-state index in [4.69, 9.17) is 11.6 Å². The van der Waals surface area contributed by atoms with Gasteiger partial charge >= 0.3 is 0 Å². The highest BCUT2D eigenvalue weighted by Crippen LogP contribution is 2.25. The monoisotopic (exact) mass is 407 g/mol. The van der Waals surface area contributed by atoms with Crippen molar-refractivity contribution in [1.29, 1.82) is 0 Å². The van der Waals surface area contributed by atoms with Gasteiger partial charge in [-0.1, -0.05) is 27.5 Å². The van der Waals surface area contributed by atoms with Crippen molar-refractivity contribution < 1.29 is 4.79 Å². The number of halogens is 2. The van der Waals surface area contributed by atoms with Gasteiger partial charge in [-0.15, -0.1) is 11.3 Å². The van der Waals surface area contributed by atoms with Crippen LogP contribution in [0.15, 0.2) is 52.6 Å². The Morgan fingerprint density at radius 3 is 2.83 bits per heavy atom. The topological polar surface area (TPSA) is 54.9 Å². The van der Waals surface area contributed by atoms with E-state index in [0.717, 1.165) is 21.3 Å². The van der Waals surface area contributed by atoms with Crippen LogP contribution >= 0.6 is 38.9 Å². The molecule has 0 aliphatic carbocycles. The molecule has 1 amide bonds. The van der Waals surface area contributed by atoms with Crippen molar-refractivity contribution in [2.24, 2.45) is 0 Å². The van der Waals surface area contributed by atoms with Crippen LogP contribution in [0.4, 0.5) is 5.13 Å². The van der Waals surface area contributed by atoms with E-state index >= 15 is 0 Å². The van der Waals surface area contributed by atoms with Crippen molar-refractivity contribution in [2.45, 2.75) is 6.42 Å². The number of carbonyl (C=O) groups is 1. The third-order valence-electron chi connectivity index (χ3n) is 3.09. The molecule has 0 radical (unpaired) electrons. The third-order valence-corrected chi connectivity index (χ3v) is 4.85. The molecule has 0 atom stereocenters. The van der Waals surface area contributed by atoms with E-state index in [1.165, 1.54) is 11.3 Å². The number of carbonyl (C=O) groups excluding carboxylic acids is 1. The number of hydrogen-bond donors (Lipinski definition) is 1. The molecule has 0 aliphatic heterocycles. The fourth-order valence-electron chi connectivity index (χ4n) is 2.00. The maximum absolute atomic E-state index is 12.2. The number of thiazole rings is 1. The average molecular weight is 409 g/mol. The normalized spacial score (nSPS) is 10.5. The Bertz CT molecular complexity index is 838. The molecule has 116 valence electrons. The molecule has 0 bridgehead atoms. The first-order chi connectivity index (χ1) is 11.1. The molecule has 0 saturated heterocycles. The van der Waals surface area contributed by atoms with Gasteiger partial charge in [0.15, 0.2) is 5.13 Å². The van der Waals surface area contributed by atoms with Gasteiger partial charge in [0.25, 0.3) is 0 Å². The molecule has 0 unspecified atom stereocenters. The van der Waals surface area contributed by atoms with Gasteiger partial charge in [-0.05, 0) is 35.9 Å². The second-order valence-corrected chi connectivity index (χ2v) is 6.88. The second kappa shape index (κ2) is 7.21. The summed E-state index contributed by atoms with van der Waals surface area (Å²) in [6.45, 7) is 0. The molecule has 4 nitrogen and oxygen atoms in total. The van der Waals surface area contributed by atoms with Gasteiger partial charge in [-0.2, -0.15) is 0 Å². The van der Waals surface area contributed by atoms with Crippen LogP contribution < -0.4 is 5.32 Å². The Labute approximate surface area is 150 Å². The predicted molar refractivity (Wildman–Crippen MR) is 96.8 cm³/mol. The van der Waals surface area contributed by atoms with Crippen molar-refractivity contribution in [2.75, 3.05) is 5.32 Å². The lowest BCUT2D eigenvalue weighted by atomic mass is 10.1. The molecule has 2 aromatic heterocycles. The fraction of sp³-hybridized carbons (Fsp3) is 0.0625. The number of rotatable bonds is 4. The lowest BCUT2D eigenvalue weighted by Crippen LogP contribution is -2.14. The van der Waals surface area contributed by atoms with Gasteiger partial charge in [-0.3, -0.25) is 9.78 Å². The number of hydrogen-bond acceptors (Lipinski definition) is 4. The molecular weight excluding hydrogens is 398 g/mol. The highest BCUT2D eigenvalue weighted by atomic mass is 79.9. The molecule has 3 rings (SSSR count). The average Bonchev–Trinajstić information content (AvgIpc) is 3.00. The molecule has 3 aromatic rings. The molecule has 2 heterocycles. The summed E-state index contributed by atoms with van der Waals surface area (Å²) in [4.78, 5) is 20.6. The van der Waals surface area contributed by atoms with Gasteiger partial charge in [-0.25, -0.2) is 4.98 Å².